The van der Waals surface area contributed by atoms with E-state index >= 15 is 0 Å². The fourth-order valence-electron chi connectivity index (χ4n) is 3.97. The maximum Gasteiger partial charge on any atom is 0.253 e. The van der Waals surface area contributed by atoms with Crippen molar-refractivity contribution in [2.45, 2.75) is 51.2 Å². The van der Waals surface area contributed by atoms with Crippen molar-refractivity contribution in [2.75, 3.05) is 19.6 Å². The van der Waals surface area contributed by atoms with E-state index in [0.717, 1.165) is 31.6 Å². The minimum absolute atomic E-state index is 0.0959. The first-order valence-corrected chi connectivity index (χ1v) is 8.90. The number of rotatable bonds is 3. The normalized spacial score (nSPS) is 23.4. The molecule has 1 amide bonds. The molecule has 4 rings (SSSR count). The quantitative estimate of drug-likeness (QED) is 0.821. The lowest BCUT2D eigenvalue weighted by Gasteiger charge is -2.38. The smallest absolute Gasteiger partial charge is 0.253 e. The Hall–Kier alpha value is -1.83. The summed E-state index contributed by atoms with van der Waals surface area (Å²) < 4.78 is 27.6. The third kappa shape index (κ3) is 3.31. The maximum atomic E-state index is 13.0. The number of fused-ring (bicyclic) bond motifs is 1. The Balaban J connectivity index is 1.48. The molecule has 3 aliphatic rings. The first kappa shape index (κ1) is 16.6. The summed E-state index contributed by atoms with van der Waals surface area (Å²) in [5.41, 5.74) is 0.629. The molecule has 0 bridgehead atoms. The Labute approximate surface area is 144 Å². The predicted molar refractivity (Wildman–Crippen MR) is 86.1 cm³/mol. The van der Waals surface area contributed by atoms with Crippen LogP contribution in [0.4, 0.5) is 8.78 Å². The maximum absolute atomic E-state index is 13.0. The van der Waals surface area contributed by atoms with E-state index in [9.17, 15) is 18.4 Å². The zero-order valence-electron chi connectivity index (χ0n) is 14.1. The van der Waals surface area contributed by atoms with Gasteiger partial charge >= 0.3 is 0 Å². The van der Waals surface area contributed by atoms with Crippen LogP contribution in [0, 0.1) is 5.92 Å². The SMILES string of the molecule is O=C(C1CC(F)(F)C1)N1CCn2c(nc(CN3CCCC3)cc2=O)C1. The molecule has 0 spiro atoms. The molecule has 3 heterocycles. The molecule has 1 aromatic heterocycles. The third-order valence-electron chi connectivity index (χ3n) is 5.40. The molecule has 2 fully saturated rings. The minimum atomic E-state index is -2.70. The van der Waals surface area contributed by atoms with Crippen LogP contribution in [0.25, 0.3) is 0 Å². The number of aromatic nitrogens is 2. The van der Waals surface area contributed by atoms with Crippen LogP contribution in [0.3, 0.4) is 0 Å². The second-order valence-corrected chi connectivity index (χ2v) is 7.36. The number of carbonyl (C=O) groups excluding carboxylic acids is 1. The number of hydrogen-bond acceptors (Lipinski definition) is 4. The van der Waals surface area contributed by atoms with Crippen LogP contribution in [0.5, 0.6) is 0 Å². The molecule has 1 saturated heterocycles. The fourth-order valence-corrected chi connectivity index (χ4v) is 3.97. The Bertz CT molecular complexity index is 735. The Morgan fingerprint density at radius 2 is 1.92 bits per heavy atom. The molecule has 136 valence electrons. The molecular formula is C17H22F2N4O2. The molecule has 1 aliphatic carbocycles. The van der Waals surface area contributed by atoms with Gasteiger partial charge in [-0.1, -0.05) is 0 Å². The van der Waals surface area contributed by atoms with Crippen LogP contribution in [-0.4, -0.2) is 50.8 Å². The number of hydrogen-bond donors (Lipinski definition) is 0. The summed E-state index contributed by atoms with van der Waals surface area (Å²) in [7, 11) is 0. The average Bonchev–Trinajstić information content (AvgIpc) is 3.04. The standard InChI is InChI=1S/C17H22F2N4O2/c18-17(19)8-12(9-17)16(25)22-5-6-23-14(11-22)20-13(7-15(23)24)10-21-3-1-2-4-21/h7,12H,1-6,8-11H2. The molecule has 25 heavy (non-hydrogen) atoms. The largest absolute Gasteiger partial charge is 0.333 e. The van der Waals surface area contributed by atoms with Crippen LogP contribution in [0.1, 0.15) is 37.2 Å². The summed E-state index contributed by atoms with van der Waals surface area (Å²) in [5.74, 6) is -2.98. The van der Waals surface area contributed by atoms with Crippen molar-refractivity contribution in [1.82, 2.24) is 19.4 Å². The van der Waals surface area contributed by atoms with Crippen LogP contribution in [0.15, 0.2) is 10.9 Å². The van der Waals surface area contributed by atoms with Crippen molar-refractivity contribution >= 4 is 5.91 Å². The summed E-state index contributed by atoms with van der Waals surface area (Å²) in [4.78, 5) is 33.1. The second-order valence-electron chi connectivity index (χ2n) is 7.36. The summed E-state index contributed by atoms with van der Waals surface area (Å²) in [6.07, 6.45) is 1.60. The molecule has 0 aromatic carbocycles. The lowest BCUT2D eigenvalue weighted by atomic mass is 9.80. The van der Waals surface area contributed by atoms with Crippen LogP contribution in [-0.2, 0) is 24.4 Å². The third-order valence-corrected chi connectivity index (χ3v) is 5.40. The number of alkyl halides is 2. The molecular weight excluding hydrogens is 330 g/mol. The van der Waals surface area contributed by atoms with Gasteiger partial charge in [0.15, 0.2) is 0 Å². The number of amides is 1. The van der Waals surface area contributed by atoms with Crippen LogP contribution in [0.2, 0.25) is 0 Å². The van der Waals surface area contributed by atoms with Crippen molar-refractivity contribution in [3.63, 3.8) is 0 Å². The molecule has 2 aliphatic heterocycles. The highest BCUT2D eigenvalue weighted by molar-refractivity contribution is 5.80. The molecule has 0 radical (unpaired) electrons. The average molecular weight is 352 g/mol. The van der Waals surface area contributed by atoms with E-state index in [4.69, 9.17) is 0 Å². The van der Waals surface area contributed by atoms with Gasteiger partial charge in [0.05, 0.1) is 12.2 Å². The van der Waals surface area contributed by atoms with Gasteiger partial charge in [-0.15, -0.1) is 0 Å². The topological polar surface area (TPSA) is 58.4 Å². The van der Waals surface area contributed by atoms with Crippen LogP contribution < -0.4 is 5.56 Å². The van der Waals surface area contributed by atoms with Gasteiger partial charge in [0.25, 0.3) is 5.56 Å². The van der Waals surface area contributed by atoms with Gasteiger partial charge in [0.2, 0.25) is 11.8 Å². The van der Waals surface area contributed by atoms with Crippen molar-refractivity contribution in [2.24, 2.45) is 5.92 Å². The summed E-state index contributed by atoms with van der Waals surface area (Å²) in [6, 6.07) is 1.58. The van der Waals surface area contributed by atoms with Crippen molar-refractivity contribution in [3.05, 3.63) is 27.9 Å². The number of nitrogens with zero attached hydrogens (tertiary/aromatic N) is 4. The number of halogens is 2. The van der Waals surface area contributed by atoms with Gasteiger partial charge in [-0.25, -0.2) is 13.8 Å². The number of carbonyl (C=O) groups is 1. The lowest BCUT2D eigenvalue weighted by molar-refractivity contribution is -0.161. The molecule has 0 unspecified atom stereocenters. The summed E-state index contributed by atoms with van der Waals surface area (Å²) in [5, 5.41) is 0. The van der Waals surface area contributed by atoms with E-state index in [0.29, 0.717) is 25.5 Å². The van der Waals surface area contributed by atoms with E-state index in [1.54, 1.807) is 15.5 Å². The summed E-state index contributed by atoms with van der Waals surface area (Å²) >= 11 is 0. The van der Waals surface area contributed by atoms with Crippen molar-refractivity contribution < 1.29 is 13.6 Å². The first-order valence-electron chi connectivity index (χ1n) is 8.90. The van der Waals surface area contributed by atoms with E-state index in [2.05, 4.69) is 9.88 Å². The van der Waals surface area contributed by atoms with Crippen molar-refractivity contribution in [1.29, 1.82) is 0 Å². The zero-order valence-corrected chi connectivity index (χ0v) is 14.1. The fraction of sp³-hybridized carbons (Fsp3) is 0.706. The van der Waals surface area contributed by atoms with Gasteiger partial charge < -0.3 is 4.90 Å². The van der Waals surface area contributed by atoms with E-state index in [-0.39, 0.29) is 30.9 Å². The molecule has 6 nitrogen and oxygen atoms in total. The minimum Gasteiger partial charge on any atom is -0.333 e. The molecule has 1 saturated carbocycles. The van der Waals surface area contributed by atoms with Gasteiger partial charge in [-0.05, 0) is 25.9 Å². The lowest BCUT2D eigenvalue weighted by Crippen LogP contribution is -2.50. The van der Waals surface area contributed by atoms with Gasteiger partial charge in [-0.3, -0.25) is 19.1 Å². The summed E-state index contributed by atoms with van der Waals surface area (Å²) in [6.45, 7) is 3.65. The van der Waals surface area contributed by atoms with Gasteiger partial charge in [0, 0.05) is 44.5 Å². The van der Waals surface area contributed by atoms with Crippen molar-refractivity contribution in [3.8, 4) is 0 Å². The first-order chi connectivity index (χ1) is 11.9. The molecule has 0 N–H and O–H groups in total. The molecule has 8 heteroatoms. The molecule has 0 atom stereocenters. The van der Waals surface area contributed by atoms with E-state index in [1.165, 1.54) is 0 Å². The van der Waals surface area contributed by atoms with Gasteiger partial charge in [0.1, 0.15) is 5.82 Å². The van der Waals surface area contributed by atoms with E-state index in [1.807, 2.05) is 0 Å². The highest BCUT2D eigenvalue weighted by Crippen LogP contribution is 2.43. The Morgan fingerprint density at radius 3 is 2.60 bits per heavy atom. The van der Waals surface area contributed by atoms with Crippen LogP contribution >= 0.6 is 0 Å². The molecule has 1 aromatic rings. The van der Waals surface area contributed by atoms with E-state index < -0.39 is 11.8 Å². The second kappa shape index (κ2) is 6.16. The monoisotopic (exact) mass is 352 g/mol. The Morgan fingerprint density at radius 1 is 1.20 bits per heavy atom. The highest BCUT2D eigenvalue weighted by atomic mass is 19.3. The number of likely N-dealkylation sites (tertiary alicyclic amines) is 1. The highest BCUT2D eigenvalue weighted by Gasteiger charge is 2.50. The Kier molecular flexibility index (Phi) is 4.10. The van der Waals surface area contributed by atoms with Gasteiger partial charge in [-0.2, -0.15) is 0 Å². The predicted octanol–water partition coefficient (Wildman–Crippen LogP) is 1.23. The zero-order chi connectivity index (χ0) is 17.6.